The number of aliphatic hydroxyl groups excluding tert-OH is 2. The first kappa shape index (κ1) is 72.7. The normalized spacial score (nSPS) is 14.9. The second-order valence-electron chi connectivity index (χ2n) is 24.9. The molecule has 0 amide bonds. The highest BCUT2D eigenvalue weighted by molar-refractivity contribution is 5.89. The molecule has 3 N–H and O–H groups in total. The number of esters is 1. The first-order valence-electron chi connectivity index (χ1n) is 35.0. The van der Waals surface area contributed by atoms with Gasteiger partial charge in [-0.2, -0.15) is 0 Å². The summed E-state index contributed by atoms with van der Waals surface area (Å²) in [7, 11) is 0. The van der Waals surface area contributed by atoms with Crippen molar-refractivity contribution < 1.29 is 29.6 Å². The minimum absolute atomic E-state index is 0.371. The maximum absolute atomic E-state index is 13.5. The van der Waals surface area contributed by atoms with E-state index in [9.17, 15) is 20.1 Å². The minimum atomic E-state index is -1.66. The molecule has 0 aromatic rings. The molecule has 0 aliphatic carbocycles. The Balaban J connectivity index is 3.10. The van der Waals surface area contributed by atoms with Crippen LogP contribution >= 0.6 is 0 Å². The van der Waals surface area contributed by atoms with E-state index >= 15 is 0 Å². The number of aliphatic hydroxyl groups is 3. The fraction of sp³-hybridized carbons (Fsp3) is 0.957. The summed E-state index contributed by atoms with van der Waals surface area (Å²) in [6.07, 6.45) is 72.0. The average molecular weight is 1070 g/mol. The van der Waals surface area contributed by atoms with Gasteiger partial charge in [0.1, 0.15) is 11.2 Å². The molecule has 0 aromatic carbocycles. The third kappa shape index (κ3) is 38.4. The van der Waals surface area contributed by atoms with Crippen LogP contribution in [-0.2, 0) is 14.3 Å². The Bertz CT molecular complexity index is 1220. The number of hydrogen-bond donors (Lipinski definition) is 3. The standard InChI is InChI=1S/C70H136O6/c1-5-9-13-17-21-25-29-33-37-41-45-49-53-57-61-69(62-58-54-50-46-42-38-34-30-26-22-18-14-10-6-2,75-64-60-56-52-48-44-40-36-32-28-24-20-16-12-8-4)70(74,67-65(71)66(72)68(73)76-67)63-59-55-51-47-43-39-35-31-27-23-19-15-11-7-3/h67,71-72,74H,5-64H2,1-4H3/t67-,70+/m0/s1. The van der Waals surface area contributed by atoms with Crippen molar-refractivity contribution in [1.82, 2.24) is 0 Å². The number of ether oxygens (including phenoxy) is 2. The first-order valence-corrected chi connectivity index (χ1v) is 35.0. The van der Waals surface area contributed by atoms with Gasteiger partial charge in [0.25, 0.3) is 0 Å². The van der Waals surface area contributed by atoms with Crippen molar-refractivity contribution in [2.24, 2.45) is 0 Å². The zero-order valence-corrected chi connectivity index (χ0v) is 52.1. The molecule has 2 atom stereocenters. The van der Waals surface area contributed by atoms with E-state index in [2.05, 4.69) is 27.7 Å². The highest BCUT2D eigenvalue weighted by Crippen LogP contribution is 2.47. The summed E-state index contributed by atoms with van der Waals surface area (Å²) in [5.74, 6) is -2.20. The fourth-order valence-electron chi connectivity index (χ4n) is 12.6. The van der Waals surface area contributed by atoms with E-state index in [4.69, 9.17) is 9.47 Å². The van der Waals surface area contributed by atoms with E-state index in [1.807, 2.05) is 0 Å². The zero-order chi connectivity index (χ0) is 55.2. The molecule has 0 fully saturated rings. The number of cyclic esters (lactones) is 1. The van der Waals surface area contributed by atoms with Crippen LogP contribution in [0.4, 0.5) is 0 Å². The Labute approximate surface area is 475 Å². The summed E-state index contributed by atoms with van der Waals surface area (Å²) in [4.78, 5) is 13.0. The molecular weight excluding hydrogens is 937 g/mol. The van der Waals surface area contributed by atoms with E-state index in [0.29, 0.717) is 25.9 Å². The molecule has 0 aromatic heterocycles. The molecule has 452 valence electrons. The van der Waals surface area contributed by atoms with Crippen LogP contribution in [0.25, 0.3) is 0 Å². The summed E-state index contributed by atoms with van der Waals surface area (Å²) >= 11 is 0. The highest BCUT2D eigenvalue weighted by Gasteiger charge is 2.60. The van der Waals surface area contributed by atoms with E-state index in [1.165, 1.54) is 302 Å². The van der Waals surface area contributed by atoms with Crippen LogP contribution in [0, 0.1) is 0 Å². The number of rotatable bonds is 63. The van der Waals surface area contributed by atoms with Crippen molar-refractivity contribution in [3.63, 3.8) is 0 Å². The van der Waals surface area contributed by atoms with Crippen molar-refractivity contribution in [3.8, 4) is 0 Å². The third-order valence-electron chi connectivity index (χ3n) is 17.8. The second-order valence-corrected chi connectivity index (χ2v) is 24.9. The van der Waals surface area contributed by atoms with Crippen LogP contribution in [0.15, 0.2) is 11.5 Å². The maximum atomic E-state index is 13.5. The summed E-state index contributed by atoms with van der Waals surface area (Å²) in [6, 6.07) is 0. The molecule has 0 spiro atoms. The molecule has 1 aliphatic heterocycles. The predicted octanol–water partition coefficient (Wildman–Crippen LogP) is 23.8. The molecule has 76 heavy (non-hydrogen) atoms. The van der Waals surface area contributed by atoms with Gasteiger partial charge in [0.15, 0.2) is 11.9 Å². The Hall–Kier alpha value is -1.27. The van der Waals surface area contributed by atoms with Gasteiger partial charge in [0, 0.05) is 6.61 Å². The fourth-order valence-corrected chi connectivity index (χ4v) is 12.6. The number of hydrogen-bond acceptors (Lipinski definition) is 6. The molecule has 0 saturated heterocycles. The van der Waals surface area contributed by atoms with Gasteiger partial charge < -0.3 is 24.8 Å². The smallest absolute Gasteiger partial charge is 0.378 e. The van der Waals surface area contributed by atoms with Crippen LogP contribution in [0.3, 0.4) is 0 Å². The van der Waals surface area contributed by atoms with Gasteiger partial charge in [0.05, 0.1) is 0 Å². The van der Waals surface area contributed by atoms with E-state index in [-0.39, 0.29) is 0 Å². The first-order chi connectivity index (χ1) is 37.3. The van der Waals surface area contributed by atoms with Gasteiger partial charge in [0.2, 0.25) is 5.76 Å². The van der Waals surface area contributed by atoms with Crippen LogP contribution in [-0.4, -0.2) is 45.2 Å². The van der Waals surface area contributed by atoms with Gasteiger partial charge in [-0.05, 0) is 25.7 Å². The van der Waals surface area contributed by atoms with Crippen LogP contribution in [0.2, 0.25) is 0 Å². The van der Waals surface area contributed by atoms with Crippen LogP contribution < -0.4 is 0 Å². The molecule has 0 bridgehead atoms. The lowest BCUT2D eigenvalue weighted by Gasteiger charge is -2.50. The predicted molar refractivity (Wildman–Crippen MR) is 331 cm³/mol. The SMILES string of the molecule is CCCCCCCCCCCCCCCCOC(CCCCCCCCCCCCCCCC)(CCCCCCCCCCCCCCCC)[C@@](O)(CCCCCCCCCCCCCCCC)[C@H]1OC(=O)C(O)=C1O. The second kappa shape index (κ2) is 54.3. The van der Waals surface area contributed by atoms with Crippen molar-refractivity contribution >= 4 is 5.97 Å². The van der Waals surface area contributed by atoms with Gasteiger partial charge in [-0.3, -0.25) is 0 Å². The van der Waals surface area contributed by atoms with Crippen LogP contribution in [0.5, 0.6) is 0 Å². The summed E-state index contributed by atoms with van der Waals surface area (Å²) in [5, 5.41) is 35.8. The van der Waals surface area contributed by atoms with E-state index in [1.54, 1.807) is 0 Å². The topological polar surface area (TPSA) is 96.2 Å². The van der Waals surface area contributed by atoms with Crippen molar-refractivity contribution in [3.05, 3.63) is 11.5 Å². The highest BCUT2D eigenvalue weighted by atomic mass is 16.6. The Morgan fingerprint density at radius 2 is 0.539 bits per heavy atom. The lowest BCUT2D eigenvalue weighted by Crippen LogP contribution is -2.63. The zero-order valence-electron chi connectivity index (χ0n) is 52.1. The molecule has 1 aliphatic rings. The summed E-state index contributed by atoms with van der Waals surface area (Å²) in [6.45, 7) is 9.71. The Morgan fingerprint density at radius 1 is 0.329 bits per heavy atom. The van der Waals surface area contributed by atoms with Gasteiger partial charge >= 0.3 is 5.97 Å². The monoisotopic (exact) mass is 1070 g/mol. The molecule has 0 saturated carbocycles. The van der Waals surface area contributed by atoms with Gasteiger partial charge in [-0.1, -0.05) is 381 Å². The third-order valence-corrected chi connectivity index (χ3v) is 17.8. The molecular formula is C70H136O6. The lowest BCUT2D eigenvalue weighted by atomic mass is 9.69. The molecule has 0 unspecified atom stereocenters. The van der Waals surface area contributed by atoms with Crippen molar-refractivity contribution in [2.45, 2.75) is 424 Å². The summed E-state index contributed by atoms with van der Waals surface area (Å²) in [5.41, 5.74) is -2.66. The van der Waals surface area contributed by atoms with Gasteiger partial charge in [-0.25, -0.2) is 4.79 Å². The minimum Gasteiger partial charge on any atom is -0.505 e. The van der Waals surface area contributed by atoms with Crippen molar-refractivity contribution in [2.75, 3.05) is 6.61 Å². The lowest BCUT2D eigenvalue weighted by molar-refractivity contribution is -0.236. The van der Waals surface area contributed by atoms with Crippen molar-refractivity contribution in [1.29, 1.82) is 0 Å². The molecule has 1 rings (SSSR count). The Kier molecular flexibility index (Phi) is 52.0. The van der Waals surface area contributed by atoms with Gasteiger partial charge in [-0.15, -0.1) is 0 Å². The molecule has 1 heterocycles. The number of carbonyl (C=O) groups is 1. The molecule has 0 radical (unpaired) electrons. The largest absolute Gasteiger partial charge is 0.505 e. The number of carbonyl (C=O) groups excluding carboxylic acids is 1. The van der Waals surface area contributed by atoms with E-state index in [0.717, 1.165) is 57.8 Å². The molecule has 6 heteroatoms. The Morgan fingerprint density at radius 3 is 0.763 bits per heavy atom. The van der Waals surface area contributed by atoms with Crippen LogP contribution in [0.1, 0.15) is 407 Å². The summed E-state index contributed by atoms with van der Waals surface area (Å²) < 4.78 is 13.1. The van der Waals surface area contributed by atoms with E-state index < -0.39 is 34.8 Å². The maximum Gasteiger partial charge on any atom is 0.378 e. The number of unbranched alkanes of at least 4 members (excludes halogenated alkanes) is 52. The molecule has 6 nitrogen and oxygen atoms in total. The quantitative estimate of drug-likeness (QED) is 0.0415. The average Bonchev–Trinajstić information content (AvgIpc) is 3.69.